The van der Waals surface area contributed by atoms with E-state index in [0.717, 1.165) is 56.1 Å². The average molecular weight is 411 g/mol. The molecule has 7 heteroatoms. The van der Waals surface area contributed by atoms with E-state index in [1.807, 2.05) is 18.2 Å². The molecule has 2 aliphatic heterocycles. The van der Waals surface area contributed by atoms with Gasteiger partial charge in [0, 0.05) is 37.9 Å². The molecule has 162 valence electrons. The summed E-state index contributed by atoms with van der Waals surface area (Å²) in [5.74, 6) is 1.78. The number of hydrogen-bond acceptors (Lipinski definition) is 6. The molecule has 2 unspecified atom stereocenters. The molecule has 0 radical (unpaired) electrons. The van der Waals surface area contributed by atoms with Crippen LogP contribution in [0.4, 0.5) is 0 Å². The van der Waals surface area contributed by atoms with Gasteiger partial charge in [0.15, 0.2) is 5.82 Å². The number of pyridine rings is 1. The molecule has 4 heterocycles. The summed E-state index contributed by atoms with van der Waals surface area (Å²) in [6, 6.07) is 6.51. The molecule has 30 heavy (non-hydrogen) atoms. The molecule has 2 atom stereocenters. The quantitative estimate of drug-likeness (QED) is 0.807. The molecule has 0 aromatic carbocycles. The number of fused-ring (bicyclic) bond motifs is 1. The first-order chi connectivity index (χ1) is 14.7. The predicted octanol–water partition coefficient (Wildman–Crippen LogP) is 2.36. The van der Waals surface area contributed by atoms with E-state index >= 15 is 0 Å². The van der Waals surface area contributed by atoms with E-state index in [1.54, 1.807) is 10.9 Å². The van der Waals surface area contributed by atoms with Gasteiger partial charge in [-0.3, -0.25) is 4.90 Å². The number of aromatic hydroxyl groups is 1. The summed E-state index contributed by atoms with van der Waals surface area (Å²) in [6.07, 6.45) is 8.77. The number of hydrogen-bond donors (Lipinski definition) is 2. The predicted molar refractivity (Wildman–Crippen MR) is 117 cm³/mol. The van der Waals surface area contributed by atoms with Gasteiger partial charge in [0.25, 0.3) is 0 Å². The Kier molecular flexibility index (Phi) is 5.76. The summed E-state index contributed by atoms with van der Waals surface area (Å²) in [4.78, 5) is 9.53. The van der Waals surface area contributed by atoms with Crippen molar-refractivity contribution in [1.82, 2.24) is 29.9 Å². The molecule has 0 amide bonds. The number of aromatic nitrogens is 3. The minimum absolute atomic E-state index is 0.254. The summed E-state index contributed by atoms with van der Waals surface area (Å²) in [6.45, 7) is 5.54. The van der Waals surface area contributed by atoms with Gasteiger partial charge < -0.3 is 15.3 Å². The van der Waals surface area contributed by atoms with Gasteiger partial charge in [-0.15, -0.1) is 0 Å². The lowest BCUT2D eigenvalue weighted by atomic mass is 9.86. The second kappa shape index (κ2) is 8.65. The maximum absolute atomic E-state index is 11.2. The Morgan fingerprint density at radius 1 is 1.17 bits per heavy atom. The second-order valence-corrected chi connectivity index (χ2v) is 9.27. The highest BCUT2D eigenvalue weighted by Crippen LogP contribution is 2.42. The normalized spacial score (nSPS) is 26.6. The van der Waals surface area contributed by atoms with Crippen molar-refractivity contribution < 1.29 is 5.11 Å². The lowest BCUT2D eigenvalue weighted by molar-refractivity contribution is 0.0677. The molecule has 2 saturated heterocycles. The Balaban J connectivity index is 1.40. The first-order valence-electron chi connectivity index (χ1n) is 11.6. The van der Waals surface area contributed by atoms with Crippen LogP contribution in [0.3, 0.4) is 0 Å². The summed E-state index contributed by atoms with van der Waals surface area (Å²) >= 11 is 0. The molecule has 1 aliphatic carbocycles. The van der Waals surface area contributed by atoms with Crippen LogP contribution in [0.1, 0.15) is 49.4 Å². The molecular weight excluding hydrogens is 376 g/mol. The number of piperazine rings is 1. The zero-order chi connectivity index (χ0) is 20.5. The van der Waals surface area contributed by atoms with Crippen molar-refractivity contribution in [3.8, 4) is 11.7 Å². The summed E-state index contributed by atoms with van der Waals surface area (Å²) in [5.41, 5.74) is 2.09. The number of nitrogens with zero attached hydrogens (tertiary/aromatic N) is 5. The van der Waals surface area contributed by atoms with Crippen molar-refractivity contribution in [2.75, 3.05) is 39.8 Å². The lowest BCUT2D eigenvalue weighted by Crippen LogP contribution is -2.53. The minimum Gasteiger partial charge on any atom is -0.493 e. The molecule has 0 spiro atoms. The number of aryl methyl sites for hydroxylation is 1. The van der Waals surface area contributed by atoms with E-state index < -0.39 is 0 Å². The van der Waals surface area contributed by atoms with E-state index in [-0.39, 0.29) is 11.9 Å². The molecule has 3 aliphatic rings. The van der Waals surface area contributed by atoms with Crippen molar-refractivity contribution >= 4 is 0 Å². The molecule has 2 aromatic heterocycles. The maximum Gasteiger partial charge on any atom is 0.220 e. The van der Waals surface area contributed by atoms with Crippen LogP contribution in [0.15, 0.2) is 24.4 Å². The van der Waals surface area contributed by atoms with Gasteiger partial charge in [0.2, 0.25) is 5.88 Å². The van der Waals surface area contributed by atoms with E-state index in [2.05, 4.69) is 27.1 Å². The fourth-order valence-electron chi connectivity index (χ4n) is 5.66. The largest absolute Gasteiger partial charge is 0.493 e. The van der Waals surface area contributed by atoms with Crippen LogP contribution >= 0.6 is 0 Å². The number of likely N-dealkylation sites (tertiary alicyclic amines) is 1. The maximum atomic E-state index is 11.2. The van der Waals surface area contributed by atoms with E-state index in [9.17, 15) is 5.11 Å². The van der Waals surface area contributed by atoms with Crippen LogP contribution in [-0.2, 0) is 6.42 Å². The summed E-state index contributed by atoms with van der Waals surface area (Å²) in [7, 11) is 2.23. The standard InChI is InChI=1S/C23H34N6O/c1-27-12-8-17(9-13-27)15-18-16-24-11-14-28(18)20-6-4-5-19-22(20)23(30)29(26-19)21-7-2-3-10-25-21/h2-3,7,10,17-18,20,24,30H,4-6,8-9,11-16H2,1H3. The van der Waals surface area contributed by atoms with E-state index in [0.29, 0.717) is 11.9 Å². The van der Waals surface area contributed by atoms with Gasteiger partial charge >= 0.3 is 0 Å². The zero-order valence-corrected chi connectivity index (χ0v) is 18.0. The molecule has 5 rings (SSSR count). The highest BCUT2D eigenvalue weighted by Gasteiger charge is 2.38. The Morgan fingerprint density at radius 2 is 2.03 bits per heavy atom. The third-order valence-corrected chi connectivity index (χ3v) is 7.30. The second-order valence-electron chi connectivity index (χ2n) is 9.27. The fourth-order valence-corrected chi connectivity index (χ4v) is 5.66. The van der Waals surface area contributed by atoms with E-state index in [1.165, 1.54) is 32.4 Å². The van der Waals surface area contributed by atoms with Crippen molar-refractivity contribution in [1.29, 1.82) is 0 Å². The number of rotatable bonds is 4. The van der Waals surface area contributed by atoms with Gasteiger partial charge in [-0.2, -0.15) is 9.78 Å². The van der Waals surface area contributed by atoms with Crippen LogP contribution in [0.5, 0.6) is 5.88 Å². The Hall–Kier alpha value is -1.96. The van der Waals surface area contributed by atoms with Crippen LogP contribution in [0.25, 0.3) is 5.82 Å². The van der Waals surface area contributed by atoms with Crippen molar-refractivity contribution in [2.45, 2.75) is 50.6 Å². The molecule has 7 nitrogen and oxygen atoms in total. The molecule has 0 bridgehead atoms. The third-order valence-electron chi connectivity index (χ3n) is 7.30. The monoisotopic (exact) mass is 410 g/mol. The fraction of sp³-hybridized carbons (Fsp3) is 0.652. The van der Waals surface area contributed by atoms with Crippen LogP contribution in [0.2, 0.25) is 0 Å². The Labute approximate surface area is 179 Å². The highest BCUT2D eigenvalue weighted by atomic mass is 16.3. The summed E-state index contributed by atoms with van der Waals surface area (Å²) in [5, 5.41) is 19.6. The minimum atomic E-state index is 0.254. The highest BCUT2D eigenvalue weighted by molar-refractivity contribution is 5.41. The van der Waals surface area contributed by atoms with Gasteiger partial charge in [0.1, 0.15) is 0 Å². The van der Waals surface area contributed by atoms with Crippen molar-refractivity contribution in [3.05, 3.63) is 35.7 Å². The lowest BCUT2D eigenvalue weighted by Gasteiger charge is -2.44. The van der Waals surface area contributed by atoms with Gasteiger partial charge in [-0.25, -0.2) is 4.98 Å². The summed E-state index contributed by atoms with van der Waals surface area (Å²) < 4.78 is 1.64. The Morgan fingerprint density at radius 3 is 2.83 bits per heavy atom. The van der Waals surface area contributed by atoms with Crippen molar-refractivity contribution in [2.24, 2.45) is 5.92 Å². The first kappa shape index (κ1) is 20.0. The molecule has 2 N–H and O–H groups in total. The SMILES string of the molecule is CN1CCC(CC2CNCCN2C2CCCc3nn(-c4ccccn4)c(O)c32)CC1. The van der Waals surface area contributed by atoms with Gasteiger partial charge in [-0.05, 0) is 76.7 Å². The molecule has 0 saturated carbocycles. The van der Waals surface area contributed by atoms with Gasteiger partial charge in [0.05, 0.1) is 11.3 Å². The Bertz CT molecular complexity index is 845. The third kappa shape index (κ3) is 3.86. The zero-order valence-electron chi connectivity index (χ0n) is 18.0. The molecule has 2 aromatic rings. The number of nitrogens with one attached hydrogen (secondary N) is 1. The van der Waals surface area contributed by atoms with Crippen LogP contribution in [-0.4, -0.2) is 75.5 Å². The van der Waals surface area contributed by atoms with E-state index in [4.69, 9.17) is 5.10 Å². The smallest absolute Gasteiger partial charge is 0.220 e. The topological polar surface area (TPSA) is 69.5 Å². The molecular formula is C23H34N6O. The van der Waals surface area contributed by atoms with Gasteiger partial charge in [-0.1, -0.05) is 6.07 Å². The van der Waals surface area contributed by atoms with Crippen LogP contribution < -0.4 is 5.32 Å². The first-order valence-corrected chi connectivity index (χ1v) is 11.6. The van der Waals surface area contributed by atoms with Crippen molar-refractivity contribution in [3.63, 3.8) is 0 Å². The molecule has 2 fully saturated rings. The van der Waals surface area contributed by atoms with Crippen LogP contribution in [0, 0.1) is 5.92 Å². The average Bonchev–Trinajstić information content (AvgIpc) is 3.13. The number of piperidine rings is 1.